The van der Waals surface area contributed by atoms with Crippen molar-refractivity contribution in [3.8, 4) is 0 Å². The van der Waals surface area contributed by atoms with Gasteiger partial charge in [-0.25, -0.2) is 0 Å². The van der Waals surface area contributed by atoms with Crippen molar-refractivity contribution in [1.29, 1.82) is 0 Å². The largest absolute Gasteiger partial charge is 0.396 e. The zero-order valence-corrected chi connectivity index (χ0v) is 23.6. The number of nitrogens with zero attached hydrogens (tertiary/aromatic N) is 1. The van der Waals surface area contributed by atoms with Crippen LogP contribution in [0.4, 0.5) is 5.69 Å². The number of carbonyl (C=O) groups is 3. The number of nitrogens with one attached hydrogen (secondary N) is 1. The Bertz CT molecular complexity index is 853. The minimum Gasteiger partial charge on any atom is -0.396 e. The maximum atomic E-state index is 13.0. The Morgan fingerprint density at radius 1 is 0.938 bits per heavy atom. The van der Waals surface area contributed by atoms with E-state index in [-0.39, 0.29) is 55.1 Å². The van der Waals surface area contributed by atoms with Gasteiger partial charge in [0.05, 0.1) is 46.8 Å². The van der Waals surface area contributed by atoms with E-state index in [1.165, 1.54) is 11.8 Å². The van der Waals surface area contributed by atoms with E-state index in [0.717, 1.165) is 0 Å². The molecular formula is C19H25I3N2O8. The number of aliphatic hydroxyl groups is 5. The molecule has 0 fully saturated rings. The number of anilines is 1. The lowest BCUT2D eigenvalue weighted by atomic mass is 10.0. The second kappa shape index (κ2) is 14.3. The van der Waals surface area contributed by atoms with Crippen LogP contribution in [-0.4, -0.2) is 88.2 Å². The van der Waals surface area contributed by atoms with Gasteiger partial charge in [0.2, 0.25) is 5.91 Å². The molecule has 32 heavy (non-hydrogen) atoms. The van der Waals surface area contributed by atoms with Gasteiger partial charge in [0, 0.05) is 39.2 Å². The predicted molar refractivity (Wildman–Crippen MR) is 142 cm³/mol. The van der Waals surface area contributed by atoms with Crippen molar-refractivity contribution < 1.29 is 39.9 Å². The first-order valence-electron chi connectivity index (χ1n) is 9.50. The van der Waals surface area contributed by atoms with Crippen molar-refractivity contribution in [2.45, 2.75) is 32.0 Å². The van der Waals surface area contributed by atoms with Crippen LogP contribution in [0.1, 0.15) is 40.5 Å². The molecule has 10 nitrogen and oxygen atoms in total. The standard InChI is InChI=1S/C19H25I3N2O8/c1-9(28)24(6-11(30)8-27)18-16(21)13(12(31)3-2-4-25)15(20)14(17(18)22)19(32)23-5-10(29)7-26/h10-11,25-27,29-30H,2-8H2,1H3,(H,23,32). The molecule has 2 unspecified atom stereocenters. The van der Waals surface area contributed by atoms with E-state index in [2.05, 4.69) is 5.32 Å². The van der Waals surface area contributed by atoms with E-state index in [1.807, 2.05) is 67.8 Å². The van der Waals surface area contributed by atoms with Gasteiger partial charge in [-0.3, -0.25) is 14.4 Å². The summed E-state index contributed by atoms with van der Waals surface area (Å²) in [6.45, 7) is -0.544. The van der Waals surface area contributed by atoms with Gasteiger partial charge in [-0.05, 0) is 74.2 Å². The van der Waals surface area contributed by atoms with E-state index in [0.29, 0.717) is 10.7 Å². The molecule has 1 rings (SSSR count). The molecule has 1 aromatic carbocycles. The topological polar surface area (TPSA) is 168 Å². The average molecular weight is 790 g/mol. The van der Waals surface area contributed by atoms with Gasteiger partial charge >= 0.3 is 0 Å². The van der Waals surface area contributed by atoms with Crippen LogP contribution in [0.5, 0.6) is 0 Å². The fourth-order valence-electron chi connectivity index (χ4n) is 2.71. The normalized spacial score (nSPS) is 12.9. The number of carbonyl (C=O) groups excluding carboxylic acids is 3. The number of amides is 2. The first kappa shape index (κ1) is 29.9. The summed E-state index contributed by atoms with van der Waals surface area (Å²) >= 11 is 5.66. The molecule has 6 N–H and O–H groups in total. The third kappa shape index (κ3) is 7.67. The molecule has 0 bridgehead atoms. The summed E-state index contributed by atoms with van der Waals surface area (Å²) in [6.07, 6.45) is -2.17. The Kier molecular flexibility index (Phi) is 13.3. The molecule has 0 heterocycles. The van der Waals surface area contributed by atoms with Crippen LogP contribution in [0, 0.1) is 10.7 Å². The number of halogens is 3. The van der Waals surface area contributed by atoms with Crippen LogP contribution in [-0.2, 0) is 4.79 Å². The Labute approximate surface area is 226 Å². The maximum absolute atomic E-state index is 13.0. The smallest absolute Gasteiger partial charge is 0.253 e. The second-order valence-corrected chi connectivity index (χ2v) is 10.0. The fourth-order valence-corrected chi connectivity index (χ4v) is 7.55. The quantitative estimate of drug-likeness (QED) is 0.130. The van der Waals surface area contributed by atoms with Gasteiger partial charge in [-0.1, -0.05) is 0 Å². The van der Waals surface area contributed by atoms with Crippen LogP contribution in [0.15, 0.2) is 0 Å². The number of aliphatic hydroxyl groups excluding tert-OH is 5. The molecule has 0 spiro atoms. The van der Waals surface area contributed by atoms with Gasteiger partial charge in [0.1, 0.15) is 0 Å². The summed E-state index contributed by atoms with van der Waals surface area (Å²) in [4.78, 5) is 39.5. The summed E-state index contributed by atoms with van der Waals surface area (Å²) in [5, 5.41) is 49.4. The summed E-state index contributed by atoms with van der Waals surface area (Å²) < 4.78 is 1.07. The van der Waals surface area contributed by atoms with Crippen molar-refractivity contribution in [2.24, 2.45) is 0 Å². The molecule has 0 aromatic heterocycles. The number of rotatable bonds is 12. The van der Waals surface area contributed by atoms with Gasteiger partial charge in [0.15, 0.2) is 5.78 Å². The van der Waals surface area contributed by atoms with Crippen LogP contribution in [0.25, 0.3) is 0 Å². The van der Waals surface area contributed by atoms with Crippen molar-refractivity contribution in [3.05, 3.63) is 21.8 Å². The number of Topliss-reactive ketones (excluding diaryl/α,β-unsaturated/α-hetero) is 1. The number of hydrogen-bond donors (Lipinski definition) is 6. The highest BCUT2D eigenvalue weighted by molar-refractivity contribution is 14.1. The lowest BCUT2D eigenvalue weighted by Gasteiger charge is -2.28. The van der Waals surface area contributed by atoms with Crippen molar-refractivity contribution in [1.82, 2.24) is 5.32 Å². The van der Waals surface area contributed by atoms with E-state index in [1.54, 1.807) is 0 Å². The first-order valence-corrected chi connectivity index (χ1v) is 12.7. The Morgan fingerprint density at radius 2 is 1.50 bits per heavy atom. The number of ketones is 1. The molecule has 180 valence electrons. The van der Waals surface area contributed by atoms with Crippen LogP contribution >= 0.6 is 67.8 Å². The molecule has 1 aromatic rings. The third-order valence-electron chi connectivity index (χ3n) is 4.32. The van der Waals surface area contributed by atoms with E-state index in [4.69, 9.17) is 10.2 Å². The Balaban J connectivity index is 3.74. The molecule has 2 atom stereocenters. The predicted octanol–water partition coefficient (Wildman–Crippen LogP) is 0.245. The minimum atomic E-state index is -1.24. The van der Waals surface area contributed by atoms with Crippen molar-refractivity contribution in [3.63, 3.8) is 0 Å². The van der Waals surface area contributed by atoms with Crippen LogP contribution in [0.2, 0.25) is 0 Å². The molecule has 0 aliphatic rings. The molecule has 0 radical (unpaired) electrons. The number of hydrogen-bond acceptors (Lipinski definition) is 8. The Hall–Kier alpha value is -0.180. The lowest BCUT2D eigenvalue weighted by Crippen LogP contribution is -2.40. The maximum Gasteiger partial charge on any atom is 0.253 e. The second-order valence-electron chi connectivity index (χ2n) is 6.80. The van der Waals surface area contributed by atoms with E-state index in [9.17, 15) is 29.7 Å². The SMILES string of the molecule is CC(=O)N(CC(O)CO)c1c(I)c(C(=O)CCCO)c(I)c(C(=O)NCC(O)CO)c1I. The van der Waals surface area contributed by atoms with Gasteiger partial charge in [-0.2, -0.15) is 0 Å². The highest BCUT2D eigenvalue weighted by Gasteiger charge is 2.31. The van der Waals surface area contributed by atoms with Crippen LogP contribution in [0.3, 0.4) is 0 Å². The molecule has 0 aliphatic carbocycles. The highest BCUT2D eigenvalue weighted by atomic mass is 127. The van der Waals surface area contributed by atoms with Gasteiger partial charge in [-0.15, -0.1) is 0 Å². The van der Waals surface area contributed by atoms with Crippen molar-refractivity contribution in [2.75, 3.05) is 37.8 Å². The zero-order chi connectivity index (χ0) is 24.6. The molecule has 0 saturated heterocycles. The molecule has 0 aliphatic heterocycles. The third-order valence-corrected chi connectivity index (χ3v) is 7.50. The van der Waals surface area contributed by atoms with Crippen LogP contribution < -0.4 is 10.2 Å². The zero-order valence-electron chi connectivity index (χ0n) is 17.1. The first-order chi connectivity index (χ1) is 15.0. The van der Waals surface area contributed by atoms with E-state index < -0.39 is 37.2 Å². The summed E-state index contributed by atoms with van der Waals surface area (Å²) in [5.41, 5.74) is 0.545. The molecule has 0 saturated carbocycles. The van der Waals surface area contributed by atoms with Gasteiger partial charge in [0.25, 0.3) is 5.91 Å². The Morgan fingerprint density at radius 3 is 2.00 bits per heavy atom. The molecule has 13 heteroatoms. The van der Waals surface area contributed by atoms with Gasteiger partial charge < -0.3 is 35.7 Å². The summed E-state index contributed by atoms with van der Waals surface area (Å²) in [5.74, 6) is -1.42. The molecular weight excluding hydrogens is 765 g/mol. The van der Waals surface area contributed by atoms with Crippen molar-refractivity contribution >= 4 is 91.1 Å². The highest BCUT2D eigenvalue weighted by Crippen LogP contribution is 2.38. The summed E-state index contributed by atoms with van der Waals surface area (Å²) in [7, 11) is 0. The minimum absolute atomic E-state index is 0.0200. The fraction of sp³-hybridized carbons (Fsp3) is 0.526. The lowest BCUT2D eigenvalue weighted by molar-refractivity contribution is -0.117. The summed E-state index contributed by atoms with van der Waals surface area (Å²) in [6, 6.07) is 0. The monoisotopic (exact) mass is 790 g/mol. The molecule has 2 amide bonds. The number of benzene rings is 1. The van der Waals surface area contributed by atoms with E-state index >= 15 is 0 Å². The average Bonchev–Trinajstić information content (AvgIpc) is 2.74.